The standard InChI is InChI=1S/C18H23ClN4O/c1-13-15(12-22-23(13)17-7-3-2-6-16(17)19)18(24)21-10-8-14-5-4-9-20-11-14/h2-3,6-7,12,14,20H,4-5,8-11H2,1H3,(H,21,24). The van der Waals surface area contributed by atoms with E-state index in [9.17, 15) is 4.79 Å². The molecule has 1 saturated heterocycles. The number of amides is 1. The number of para-hydroxylation sites is 1. The predicted molar refractivity (Wildman–Crippen MR) is 95.9 cm³/mol. The van der Waals surface area contributed by atoms with Crippen LogP contribution in [0.4, 0.5) is 0 Å². The number of carbonyl (C=O) groups is 1. The van der Waals surface area contributed by atoms with Gasteiger partial charge in [0.05, 0.1) is 28.2 Å². The lowest BCUT2D eigenvalue weighted by molar-refractivity contribution is 0.0950. The normalized spacial score (nSPS) is 17.7. The summed E-state index contributed by atoms with van der Waals surface area (Å²) in [5, 5.41) is 11.4. The van der Waals surface area contributed by atoms with Gasteiger partial charge in [0, 0.05) is 6.54 Å². The molecule has 24 heavy (non-hydrogen) atoms. The molecule has 2 N–H and O–H groups in total. The molecule has 3 rings (SSSR count). The van der Waals surface area contributed by atoms with Crippen molar-refractivity contribution in [1.29, 1.82) is 0 Å². The topological polar surface area (TPSA) is 59.0 Å². The first-order chi connectivity index (χ1) is 11.7. The van der Waals surface area contributed by atoms with E-state index in [2.05, 4.69) is 15.7 Å². The Morgan fingerprint density at radius 3 is 3.04 bits per heavy atom. The first kappa shape index (κ1) is 17.0. The number of nitrogens with one attached hydrogen (secondary N) is 2. The first-order valence-corrected chi connectivity index (χ1v) is 8.83. The van der Waals surface area contributed by atoms with Gasteiger partial charge in [-0.2, -0.15) is 5.10 Å². The van der Waals surface area contributed by atoms with Crippen molar-refractivity contribution < 1.29 is 4.79 Å². The lowest BCUT2D eigenvalue weighted by Gasteiger charge is -2.22. The molecule has 5 nitrogen and oxygen atoms in total. The molecule has 0 bridgehead atoms. The molecular formula is C18H23ClN4O. The highest BCUT2D eigenvalue weighted by Crippen LogP contribution is 2.22. The van der Waals surface area contributed by atoms with Gasteiger partial charge in [0.15, 0.2) is 0 Å². The van der Waals surface area contributed by atoms with Crippen molar-refractivity contribution in [3.63, 3.8) is 0 Å². The van der Waals surface area contributed by atoms with Gasteiger partial charge >= 0.3 is 0 Å². The number of hydrogen-bond donors (Lipinski definition) is 2. The zero-order valence-corrected chi connectivity index (χ0v) is 14.6. The average Bonchev–Trinajstić information content (AvgIpc) is 2.98. The van der Waals surface area contributed by atoms with Gasteiger partial charge in [0.25, 0.3) is 5.91 Å². The number of piperidine rings is 1. The van der Waals surface area contributed by atoms with Gasteiger partial charge in [0.2, 0.25) is 0 Å². The molecule has 1 atom stereocenters. The molecule has 1 aliphatic rings. The Kier molecular flexibility index (Phi) is 5.53. The maximum absolute atomic E-state index is 12.4. The van der Waals surface area contributed by atoms with E-state index in [0.29, 0.717) is 23.0 Å². The molecule has 1 unspecified atom stereocenters. The molecule has 2 heterocycles. The molecule has 2 aromatic rings. The van der Waals surface area contributed by atoms with Crippen LogP contribution in [0.2, 0.25) is 5.02 Å². The Labute approximate surface area is 147 Å². The van der Waals surface area contributed by atoms with Crippen molar-refractivity contribution in [2.45, 2.75) is 26.2 Å². The highest BCUT2D eigenvalue weighted by atomic mass is 35.5. The van der Waals surface area contributed by atoms with E-state index < -0.39 is 0 Å². The number of hydrogen-bond acceptors (Lipinski definition) is 3. The second-order valence-electron chi connectivity index (χ2n) is 6.26. The van der Waals surface area contributed by atoms with E-state index in [1.807, 2.05) is 31.2 Å². The van der Waals surface area contributed by atoms with E-state index in [1.165, 1.54) is 12.8 Å². The number of nitrogens with zero attached hydrogens (tertiary/aromatic N) is 2. The Hall–Kier alpha value is -1.85. The van der Waals surface area contributed by atoms with Crippen LogP contribution < -0.4 is 10.6 Å². The van der Waals surface area contributed by atoms with Crippen molar-refractivity contribution in [1.82, 2.24) is 20.4 Å². The van der Waals surface area contributed by atoms with Crippen LogP contribution in [0.25, 0.3) is 5.69 Å². The summed E-state index contributed by atoms with van der Waals surface area (Å²) in [6.07, 6.45) is 5.08. The quantitative estimate of drug-likeness (QED) is 0.875. The van der Waals surface area contributed by atoms with E-state index in [-0.39, 0.29) is 5.91 Å². The highest BCUT2D eigenvalue weighted by Gasteiger charge is 2.17. The molecule has 128 valence electrons. The van der Waals surface area contributed by atoms with Gasteiger partial charge in [0.1, 0.15) is 0 Å². The fourth-order valence-corrected chi connectivity index (χ4v) is 3.37. The summed E-state index contributed by atoms with van der Waals surface area (Å²) in [4.78, 5) is 12.4. The Bertz CT molecular complexity index is 707. The maximum atomic E-state index is 12.4. The summed E-state index contributed by atoms with van der Waals surface area (Å²) in [5.41, 5.74) is 2.17. The zero-order valence-electron chi connectivity index (χ0n) is 13.9. The van der Waals surface area contributed by atoms with Gasteiger partial charge in [-0.3, -0.25) is 4.79 Å². The molecule has 1 aromatic carbocycles. The molecule has 1 fully saturated rings. The molecule has 0 spiro atoms. The van der Waals surface area contributed by atoms with Crippen LogP contribution in [0.1, 0.15) is 35.3 Å². The van der Waals surface area contributed by atoms with E-state index in [0.717, 1.165) is 30.9 Å². The largest absolute Gasteiger partial charge is 0.352 e. The second-order valence-corrected chi connectivity index (χ2v) is 6.67. The number of halogens is 1. The fraction of sp³-hybridized carbons (Fsp3) is 0.444. The lowest BCUT2D eigenvalue weighted by Crippen LogP contribution is -2.33. The van der Waals surface area contributed by atoms with Crippen molar-refractivity contribution in [3.05, 3.63) is 46.7 Å². The molecule has 1 aliphatic heterocycles. The van der Waals surface area contributed by atoms with Crippen LogP contribution in [0.3, 0.4) is 0 Å². The van der Waals surface area contributed by atoms with Crippen molar-refractivity contribution in [2.24, 2.45) is 5.92 Å². The minimum Gasteiger partial charge on any atom is -0.352 e. The predicted octanol–water partition coefficient (Wildman–Crippen LogP) is 2.95. The molecule has 1 amide bonds. The van der Waals surface area contributed by atoms with Crippen LogP contribution in [-0.4, -0.2) is 35.3 Å². The highest BCUT2D eigenvalue weighted by molar-refractivity contribution is 6.32. The first-order valence-electron chi connectivity index (χ1n) is 8.45. The Morgan fingerprint density at radius 1 is 1.46 bits per heavy atom. The summed E-state index contributed by atoms with van der Waals surface area (Å²) in [6, 6.07) is 7.48. The molecule has 1 aromatic heterocycles. The van der Waals surface area contributed by atoms with Crippen LogP contribution in [0.15, 0.2) is 30.5 Å². The summed E-state index contributed by atoms with van der Waals surface area (Å²) in [7, 11) is 0. The summed E-state index contributed by atoms with van der Waals surface area (Å²) >= 11 is 6.22. The number of carbonyl (C=O) groups excluding carboxylic acids is 1. The lowest BCUT2D eigenvalue weighted by atomic mass is 9.96. The van der Waals surface area contributed by atoms with Gasteiger partial charge in [-0.05, 0) is 57.3 Å². The monoisotopic (exact) mass is 346 g/mol. The van der Waals surface area contributed by atoms with Gasteiger partial charge < -0.3 is 10.6 Å². The number of aromatic nitrogens is 2. The van der Waals surface area contributed by atoms with Crippen molar-refractivity contribution in [2.75, 3.05) is 19.6 Å². The average molecular weight is 347 g/mol. The summed E-state index contributed by atoms with van der Waals surface area (Å²) in [5.74, 6) is 0.584. The second kappa shape index (κ2) is 7.81. The SMILES string of the molecule is Cc1c(C(=O)NCCC2CCCNC2)cnn1-c1ccccc1Cl. The Morgan fingerprint density at radius 2 is 2.29 bits per heavy atom. The molecule has 6 heteroatoms. The van der Waals surface area contributed by atoms with Crippen LogP contribution in [0.5, 0.6) is 0 Å². The third kappa shape index (κ3) is 3.79. The van der Waals surface area contributed by atoms with Crippen molar-refractivity contribution in [3.8, 4) is 5.69 Å². The molecule has 0 aliphatic carbocycles. The maximum Gasteiger partial charge on any atom is 0.254 e. The fourth-order valence-electron chi connectivity index (χ4n) is 3.15. The van der Waals surface area contributed by atoms with Crippen LogP contribution >= 0.6 is 11.6 Å². The summed E-state index contributed by atoms with van der Waals surface area (Å²) < 4.78 is 1.71. The van der Waals surface area contributed by atoms with E-state index >= 15 is 0 Å². The molecule has 0 radical (unpaired) electrons. The van der Waals surface area contributed by atoms with E-state index in [4.69, 9.17) is 11.6 Å². The number of benzene rings is 1. The molecular weight excluding hydrogens is 324 g/mol. The van der Waals surface area contributed by atoms with Crippen molar-refractivity contribution >= 4 is 17.5 Å². The minimum absolute atomic E-state index is 0.0745. The smallest absolute Gasteiger partial charge is 0.254 e. The minimum atomic E-state index is -0.0745. The van der Waals surface area contributed by atoms with E-state index in [1.54, 1.807) is 10.9 Å². The summed E-state index contributed by atoms with van der Waals surface area (Å²) in [6.45, 7) is 4.75. The van der Waals surface area contributed by atoms with Gasteiger partial charge in [-0.15, -0.1) is 0 Å². The van der Waals surface area contributed by atoms with Crippen LogP contribution in [-0.2, 0) is 0 Å². The third-order valence-electron chi connectivity index (χ3n) is 4.57. The third-order valence-corrected chi connectivity index (χ3v) is 4.89. The number of rotatable bonds is 5. The molecule has 0 saturated carbocycles. The zero-order chi connectivity index (χ0) is 16.9. The van der Waals surface area contributed by atoms with Crippen LogP contribution in [0, 0.1) is 12.8 Å². The van der Waals surface area contributed by atoms with Gasteiger partial charge in [-0.25, -0.2) is 4.68 Å². The Balaban J connectivity index is 1.62. The van der Waals surface area contributed by atoms with Gasteiger partial charge in [-0.1, -0.05) is 23.7 Å².